The summed E-state index contributed by atoms with van der Waals surface area (Å²) in [6.45, 7) is 7.03. The Morgan fingerprint density at radius 1 is 1.04 bits per heavy atom. The van der Waals surface area contributed by atoms with Gasteiger partial charge in [-0.2, -0.15) is 0 Å². The van der Waals surface area contributed by atoms with Crippen LogP contribution in [0.1, 0.15) is 26.2 Å². The van der Waals surface area contributed by atoms with E-state index in [9.17, 15) is 0 Å². The summed E-state index contributed by atoms with van der Waals surface area (Å²) in [6.07, 6.45) is 7.71. The van der Waals surface area contributed by atoms with Crippen LogP contribution in [0.3, 0.4) is 0 Å². The molecule has 136 valence electrons. The fraction of sp³-hybridized carbons (Fsp3) is 0.429. The molecule has 0 atom stereocenters. The number of likely N-dealkylation sites (tertiary alicyclic amines) is 1. The SMILES string of the molecule is CCn1cnc2c(-c3ccccc3)ncc(OCCN3CCCCC3)c21. The third-order valence-corrected chi connectivity index (χ3v) is 5.11. The maximum absolute atomic E-state index is 6.15. The summed E-state index contributed by atoms with van der Waals surface area (Å²) in [5.41, 5.74) is 3.95. The van der Waals surface area contributed by atoms with Crippen molar-refractivity contribution in [2.75, 3.05) is 26.2 Å². The van der Waals surface area contributed by atoms with E-state index in [0.717, 1.165) is 41.1 Å². The van der Waals surface area contributed by atoms with Crippen LogP contribution in [0.4, 0.5) is 0 Å². The first-order chi connectivity index (χ1) is 12.9. The lowest BCUT2D eigenvalue weighted by Gasteiger charge is -2.26. The van der Waals surface area contributed by atoms with E-state index in [2.05, 4.69) is 38.5 Å². The first-order valence-corrected chi connectivity index (χ1v) is 9.61. The van der Waals surface area contributed by atoms with Crippen LogP contribution >= 0.6 is 0 Å². The van der Waals surface area contributed by atoms with Crippen molar-refractivity contribution in [2.45, 2.75) is 32.7 Å². The number of benzene rings is 1. The number of ether oxygens (including phenoxy) is 1. The molecule has 3 heterocycles. The minimum Gasteiger partial charge on any atom is -0.488 e. The number of rotatable bonds is 6. The number of aromatic nitrogens is 3. The van der Waals surface area contributed by atoms with Crippen LogP contribution in [0.2, 0.25) is 0 Å². The molecule has 0 unspecified atom stereocenters. The minimum absolute atomic E-state index is 0.691. The van der Waals surface area contributed by atoms with Crippen molar-refractivity contribution in [3.05, 3.63) is 42.9 Å². The molecule has 0 spiro atoms. The lowest BCUT2D eigenvalue weighted by molar-refractivity contribution is 0.184. The lowest BCUT2D eigenvalue weighted by Crippen LogP contribution is -2.33. The number of fused-ring (bicyclic) bond motifs is 1. The number of aryl methyl sites for hydroxylation is 1. The van der Waals surface area contributed by atoms with Gasteiger partial charge in [0.1, 0.15) is 17.6 Å². The highest BCUT2D eigenvalue weighted by molar-refractivity contribution is 5.93. The van der Waals surface area contributed by atoms with Gasteiger partial charge >= 0.3 is 0 Å². The Hall–Kier alpha value is -2.40. The van der Waals surface area contributed by atoms with Gasteiger partial charge in [0.05, 0.1) is 18.2 Å². The maximum Gasteiger partial charge on any atom is 0.163 e. The minimum atomic E-state index is 0.691. The number of hydrogen-bond acceptors (Lipinski definition) is 4. The van der Waals surface area contributed by atoms with Crippen LogP contribution in [0.15, 0.2) is 42.9 Å². The molecule has 1 fully saturated rings. The normalized spacial score (nSPS) is 15.4. The second-order valence-electron chi connectivity index (χ2n) is 6.82. The largest absolute Gasteiger partial charge is 0.488 e. The fourth-order valence-electron chi connectivity index (χ4n) is 3.68. The van der Waals surface area contributed by atoms with Crippen molar-refractivity contribution in [1.82, 2.24) is 19.4 Å². The number of piperidine rings is 1. The van der Waals surface area contributed by atoms with E-state index in [1.165, 1.54) is 32.4 Å². The molecule has 2 aromatic heterocycles. The van der Waals surface area contributed by atoms with E-state index in [1.807, 2.05) is 30.7 Å². The van der Waals surface area contributed by atoms with Crippen molar-refractivity contribution >= 4 is 11.0 Å². The Kier molecular flexibility index (Phi) is 5.16. The van der Waals surface area contributed by atoms with E-state index in [-0.39, 0.29) is 0 Å². The van der Waals surface area contributed by atoms with E-state index < -0.39 is 0 Å². The Morgan fingerprint density at radius 3 is 2.62 bits per heavy atom. The van der Waals surface area contributed by atoms with Crippen LogP contribution in [-0.2, 0) is 6.54 Å². The molecule has 1 aliphatic rings. The van der Waals surface area contributed by atoms with Gasteiger partial charge in [-0.15, -0.1) is 0 Å². The highest BCUT2D eigenvalue weighted by Gasteiger charge is 2.16. The molecule has 0 saturated carbocycles. The summed E-state index contributed by atoms with van der Waals surface area (Å²) >= 11 is 0. The van der Waals surface area contributed by atoms with Gasteiger partial charge in [0, 0.05) is 18.7 Å². The van der Waals surface area contributed by atoms with Crippen molar-refractivity contribution in [3.63, 3.8) is 0 Å². The third kappa shape index (κ3) is 3.44. The fourth-order valence-corrected chi connectivity index (χ4v) is 3.68. The smallest absolute Gasteiger partial charge is 0.163 e. The molecular formula is C21H26N4O. The standard InChI is InChI=1S/C21H26N4O/c1-2-25-16-23-20-19(17-9-5-3-6-10-17)22-15-18(21(20)25)26-14-13-24-11-7-4-8-12-24/h3,5-6,9-10,15-16H,2,4,7-8,11-14H2,1H3. The summed E-state index contributed by atoms with van der Waals surface area (Å²) in [4.78, 5) is 11.8. The van der Waals surface area contributed by atoms with Crippen LogP contribution in [0.25, 0.3) is 22.3 Å². The summed E-state index contributed by atoms with van der Waals surface area (Å²) in [6, 6.07) is 10.2. The van der Waals surface area contributed by atoms with Gasteiger partial charge in [-0.1, -0.05) is 36.8 Å². The number of imidazole rings is 1. The van der Waals surface area contributed by atoms with Crippen molar-refractivity contribution in [1.29, 1.82) is 0 Å². The summed E-state index contributed by atoms with van der Waals surface area (Å²) < 4.78 is 8.29. The first-order valence-electron chi connectivity index (χ1n) is 9.61. The zero-order valence-corrected chi connectivity index (χ0v) is 15.4. The van der Waals surface area contributed by atoms with Gasteiger partial charge in [-0.3, -0.25) is 4.90 Å². The molecule has 1 aromatic carbocycles. The average Bonchev–Trinajstić information content (AvgIpc) is 3.14. The lowest BCUT2D eigenvalue weighted by atomic mass is 10.1. The highest BCUT2D eigenvalue weighted by Crippen LogP contribution is 2.31. The second kappa shape index (κ2) is 7.87. The molecule has 4 rings (SSSR count). The molecule has 0 N–H and O–H groups in total. The van der Waals surface area contributed by atoms with Gasteiger partial charge in [-0.05, 0) is 32.9 Å². The predicted molar refractivity (Wildman–Crippen MR) is 104 cm³/mol. The topological polar surface area (TPSA) is 43.2 Å². The molecule has 26 heavy (non-hydrogen) atoms. The zero-order valence-electron chi connectivity index (χ0n) is 15.4. The zero-order chi connectivity index (χ0) is 17.8. The Balaban J connectivity index is 1.60. The molecular weight excluding hydrogens is 324 g/mol. The summed E-state index contributed by atoms with van der Waals surface area (Å²) in [5, 5.41) is 0. The third-order valence-electron chi connectivity index (χ3n) is 5.11. The van der Waals surface area contributed by atoms with E-state index in [4.69, 9.17) is 4.74 Å². The monoisotopic (exact) mass is 350 g/mol. The Labute approximate surface area is 154 Å². The van der Waals surface area contributed by atoms with Crippen molar-refractivity contribution < 1.29 is 4.74 Å². The summed E-state index contributed by atoms with van der Waals surface area (Å²) in [7, 11) is 0. The predicted octanol–water partition coefficient (Wildman–Crippen LogP) is 3.98. The molecule has 5 heteroatoms. The summed E-state index contributed by atoms with van der Waals surface area (Å²) in [5.74, 6) is 0.830. The van der Waals surface area contributed by atoms with Crippen LogP contribution in [0.5, 0.6) is 5.75 Å². The Morgan fingerprint density at radius 2 is 1.85 bits per heavy atom. The van der Waals surface area contributed by atoms with E-state index in [0.29, 0.717) is 6.61 Å². The average molecular weight is 350 g/mol. The van der Waals surface area contributed by atoms with Gasteiger partial charge in [0.2, 0.25) is 0 Å². The van der Waals surface area contributed by atoms with Gasteiger partial charge in [0.25, 0.3) is 0 Å². The first kappa shape index (κ1) is 17.0. The molecule has 1 aliphatic heterocycles. The van der Waals surface area contributed by atoms with Gasteiger partial charge < -0.3 is 9.30 Å². The maximum atomic E-state index is 6.15. The molecule has 0 amide bonds. The Bertz CT molecular complexity index is 853. The number of pyridine rings is 1. The molecule has 3 aromatic rings. The van der Waals surface area contributed by atoms with Crippen LogP contribution in [0, 0.1) is 0 Å². The van der Waals surface area contributed by atoms with Crippen LogP contribution < -0.4 is 4.74 Å². The van der Waals surface area contributed by atoms with Crippen molar-refractivity contribution in [3.8, 4) is 17.0 Å². The van der Waals surface area contributed by atoms with Gasteiger partial charge in [-0.25, -0.2) is 9.97 Å². The molecule has 0 aliphatic carbocycles. The highest BCUT2D eigenvalue weighted by atomic mass is 16.5. The molecule has 0 radical (unpaired) electrons. The number of nitrogens with zero attached hydrogens (tertiary/aromatic N) is 4. The number of hydrogen-bond donors (Lipinski definition) is 0. The van der Waals surface area contributed by atoms with Crippen LogP contribution in [-0.4, -0.2) is 45.7 Å². The van der Waals surface area contributed by atoms with E-state index in [1.54, 1.807) is 0 Å². The van der Waals surface area contributed by atoms with Gasteiger partial charge in [0.15, 0.2) is 5.75 Å². The molecule has 0 bridgehead atoms. The van der Waals surface area contributed by atoms with E-state index >= 15 is 0 Å². The molecule has 5 nitrogen and oxygen atoms in total. The quantitative estimate of drug-likeness (QED) is 0.674. The molecule has 1 saturated heterocycles. The van der Waals surface area contributed by atoms with Crippen molar-refractivity contribution in [2.24, 2.45) is 0 Å². The second-order valence-corrected chi connectivity index (χ2v) is 6.82.